The van der Waals surface area contributed by atoms with E-state index in [9.17, 15) is 19.6 Å². The number of nitriles is 1. The zero-order valence-electron chi connectivity index (χ0n) is 16.2. The predicted molar refractivity (Wildman–Crippen MR) is 101 cm³/mol. The van der Waals surface area contributed by atoms with Gasteiger partial charge in [0.15, 0.2) is 12.4 Å². The number of Topliss-reactive ketones (excluding diaryl/α,β-unsaturated/α-hetero) is 1. The van der Waals surface area contributed by atoms with Gasteiger partial charge in [0.05, 0.1) is 6.07 Å². The summed E-state index contributed by atoms with van der Waals surface area (Å²) in [5, 5.41) is 11.8. The summed E-state index contributed by atoms with van der Waals surface area (Å²) in [5.74, 6) is -1.13. The van der Waals surface area contributed by atoms with Crippen molar-refractivity contribution in [2.75, 3.05) is 6.61 Å². The summed E-state index contributed by atoms with van der Waals surface area (Å²) in [5.41, 5.74) is 0.225. The lowest BCUT2D eigenvalue weighted by Crippen LogP contribution is -2.50. The first-order chi connectivity index (χ1) is 13.2. The van der Waals surface area contributed by atoms with Crippen LogP contribution in [0.15, 0.2) is 40.8 Å². The van der Waals surface area contributed by atoms with Crippen LogP contribution >= 0.6 is 0 Å². The van der Waals surface area contributed by atoms with Gasteiger partial charge in [-0.3, -0.25) is 9.59 Å². The SMILES string of the molecule is CC(=O)c1ccc(-c2ccc(C(=O)OCC(=O)N[C@@](C)(C#N)C(C)C)o2)cc1. The zero-order valence-corrected chi connectivity index (χ0v) is 16.2. The van der Waals surface area contributed by atoms with Crippen molar-refractivity contribution in [1.29, 1.82) is 5.26 Å². The molecule has 1 heterocycles. The molecule has 7 heteroatoms. The van der Waals surface area contributed by atoms with Crippen molar-refractivity contribution in [2.24, 2.45) is 5.92 Å². The van der Waals surface area contributed by atoms with E-state index in [0.29, 0.717) is 16.9 Å². The minimum Gasteiger partial charge on any atom is -0.450 e. The molecule has 1 amide bonds. The Morgan fingerprint density at radius 3 is 2.36 bits per heavy atom. The molecule has 0 unspecified atom stereocenters. The third-order valence-corrected chi connectivity index (χ3v) is 4.50. The lowest BCUT2D eigenvalue weighted by atomic mass is 9.90. The van der Waals surface area contributed by atoms with Crippen LogP contribution in [0, 0.1) is 17.2 Å². The number of carbonyl (C=O) groups excluding carboxylic acids is 3. The second-order valence-corrected chi connectivity index (χ2v) is 6.89. The molecule has 2 rings (SSSR count). The number of furan rings is 1. The number of carbonyl (C=O) groups is 3. The van der Waals surface area contributed by atoms with Crippen molar-refractivity contribution in [1.82, 2.24) is 5.32 Å². The van der Waals surface area contributed by atoms with Gasteiger partial charge >= 0.3 is 5.97 Å². The molecule has 0 radical (unpaired) electrons. The number of ether oxygens (including phenoxy) is 1. The average molecular weight is 382 g/mol. The standard InChI is InChI=1S/C21H22N2O5/c1-13(2)21(4,12-22)23-19(25)11-27-20(26)18-10-9-17(28-18)16-7-5-15(6-8-16)14(3)24/h5-10,13H,11H2,1-4H3,(H,23,25)/t21-/m0/s1. The van der Waals surface area contributed by atoms with Gasteiger partial charge in [-0.2, -0.15) is 5.26 Å². The molecule has 1 aromatic carbocycles. The van der Waals surface area contributed by atoms with Crippen LogP contribution < -0.4 is 5.32 Å². The first-order valence-electron chi connectivity index (χ1n) is 8.77. The number of ketones is 1. The fraction of sp³-hybridized carbons (Fsp3) is 0.333. The molecule has 0 saturated heterocycles. The van der Waals surface area contributed by atoms with E-state index in [0.717, 1.165) is 0 Å². The normalized spacial score (nSPS) is 12.7. The summed E-state index contributed by atoms with van der Waals surface area (Å²) in [6.45, 7) is 6.18. The summed E-state index contributed by atoms with van der Waals surface area (Å²) in [4.78, 5) is 35.4. The van der Waals surface area contributed by atoms with Crippen molar-refractivity contribution in [3.8, 4) is 17.4 Å². The molecule has 0 fully saturated rings. The smallest absolute Gasteiger partial charge is 0.374 e. The Hall–Kier alpha value is -3.40. The Morgan fingerprint density at radius 1 is 1.18 bits per heavy atom. The molecule has 28 heavy (non-hydrogen) atoms. The number of benzene rings is 1. The molecule has 0 saturated carbocycles. The summed E-state index contributed by atoms with van der Waals surface area (Å²) >= 11 is 0. The Kier molecular flexibility index (Phi) is 6.37. The molecule has 0 aliphatic carbocycles. The Morgan fingerprint density at radius 2 is 1.82 bits per heavy atom. The molecule has 0 spiro atoms. The van der Waals surface area contributed by atoms with E-state index in [4.69, 9.17) is 9.15 Å². The maximum absolute atomic E-state index is 12.1. The molecule has 2 aromatic rings. The van der Waals surface area contributed by atoms with Crippen LogP contribution in [-0.4, -0.2) is 29.8 Å². The molecule has 1 aromatic heterocycles. The summed E-state index contributed by atoms with van der Waals surface area (Å²) in [6.07, 6.45) is 0. The molecule has 0 bridgehead atoms. The van der Waals surface area contributed by atoms with E-state index in [2.05, 4.69) is 5.32 Å². The molecule has 1 N–H and O–H groups in total. The van der Waals surface area contributed by atoms with Crippen molar-refractivity contribution in [2.45, 2.75) is 33.2 Å². The third kappa shape index (κ3) is 4.86. The molecule has 146 valence electrons. The molecule has 0 aliphatic heterocycles. The molecular formula is C21H22N2O5. The van der Waals surface area contributed by atoms with Gasteiger partial charge in [-0.15, -0.1) is 0 Å². The lowest BCUT2D eigenvalue weighted by Gasteiger charge is -2.27. The monoisotopic (exact) mass is 382 g/mol. The maximum atomic E-state index is 12.1. The summed E-state index contributed by atoms with van der Waals surface area (Å²) in [7, 11) is 0. The second kappa shape index (κ2) is 8.53. The summed E-state index contributed by atoms with van der Waals surface area (Å²) < 4.78 is 10.4. The third-order valence-electron chi connectivity index (χ3n) is 4.50. The number of nitrogens with one attached hydrogen (secondary N) is 1. The first-order valence-corrected chi connectivity index (χ1v) is 8.77. The van der Waals surface area contributed by atoms with Crippen molar-refractivity contribution < 1.29 is 23.5 Å². The predicted octanol–water partition coefficient (Wildman–Crippen LogP) is 3.36. The maximum Gasteiger partial charge on any atom is 0.374 e. The number of amides is 1. The minimum absolute atomic E-state index is 0.0431. The zero-order chi connectivity index (χ0) is 20.9. The highest BCUT2D eigenvalue weighted by molar-refractivity contribution is 5.94. The molecule has 1 atom stereocenters. The van der Waals surface area contributed by atoms with Crippen LogP contribution in [0.2, 0.25) is 0 Å². The van der Waals surface area contributed by atoms with Crippen LogP contribution in [-0.2, 0) is 9.53 Å². The van der Waals surface area contributed by atoms with Crippen molar-refractivity contribution >= 4 is 17.7 Å². The van der Waals surface area contributed by atoms with Gasteiger partial charge < -0.3 is 14.5 Å². The molecule has 7 nitrogen and oxygen atoms in total. The van der Waals surface area contributed by atoms with E-state index >= 15 is 0 Å². The minimum atomic E-state index is -1.05. The number of hydrogen-bond acceptors (Lipinski definition) is 6. The number of rotatable bonds is 7. The van der Waals surface area contributed by atoms with Crippen molar-refractivity contribution in [3.63, 3.8) is 0 Å². The summed E-state index contributed by atoms with van der Waals surface area (Å²) in [6, 6.07) is 11.9. The van der Waals surface area contributed by atoms with E-state index < -0.39 is 24.0 Å². The van der Waals surface area contributed by atoms with Gasteiger partial charge in [-0.1, -0.05) is 38.1 Å². The van der Waals surface area contributed by atoms with Crippen LogP contribution in [0.25, 0.3) is 11.3 Å². The van der Waals surface area contributed by atoms with Crippen LogP contribution in [0.4, 0.5) is 0 Å². The fourth-order valence-corrected chi connectivity index (χ4v) is 2.30. The largest absolute Gasteiger partial charge is 0.450 e. The highest BCUT2D eigenvalue weighted by Crippen LogP contribution is 2.23. The first kappa shape index (κ1) is 20.9. The van der Waals surface area contributed by atoms with Gasteiger partial charge in [0.1, 0.15) is 11.3 Å². The number of hydrogen-bond donors (Lipinski definition) is 1. The average Bonchev–Trinajstić information content (AvgIpc) is 3.16. The lowest BCUT2D eigenvalue weighted by molar-refractivity contribution is -0.125. The van der Waals surface area contributed by atoms with Gasteiger partial charge in [0.25, 0.3) is 5.91 Å². The Labute approximate surface area is 163 Å². The number of esters is 1. The quantitative estimate of drug-likeness (QED) is 0.581. The van der Waals surface area contributed by atoms with Crippen molar-refractivity contribution in [3.05, 3.63) is 47.7 Å². The van der Waals surface area contributed by atoms with Gasteiger partial charge in [-0.05, 0) is 31.9 Å². The van der Waals surface area contributed by atoms with E-state index in [1.807, 2.05) is 19.9 Å². The Balaban J connectivity index is 1.98. The van der Waals surface area contributed by atoms with Crippen LogP contribution in [0.3, 0.4) is 0 Å². The van der Waals surface area contributed by atoms with Gasteiger partial charge in [-0.25, -0.2) is 4.79 Å². The van der Waals surface area contributed by atoms with E-state index in [1.165, 1.54) is 13.0 Å². The molecular weight excluding hydrogens is 360 g/mol. The van der Waals surface area contributed by atoms with E-state index in [1.54, 1.807) is 37.3 Å². The van der Waals surface area contributed by atoms with Gasteiger partial charge in [0, 0.05) is 11.1 Å². The van der Waals surface area contributed by atoms with Crippen LogP contribution in [0.1, 0.15) is 48.6 Å². The van der Waals surface area contributed by atoms with Crippen LogP contribution in [0.5, 0.6) is 0 Å². The molecule has 0 aliphatic rings. The Bertz CT molecular complexity index is 921. The van der Waals surface area contributed by atoms with Gasteiger partial charge in [0.2, 0.25) is 5.76 Å². The number of nitrogens with zero attached hydrogens (tertiary/aromatic N) is 1. The second-order valence-electron chi connectivity index (χ2n) is 6.89. The fourth-order valence-electron chi connectivity index (χ4n) is 2.30. The topological polar surface area (TPSA) is 109 Å². The van der Waals surface area contributed by atoms with E-state index in [-0.39, 0.29) is 17.5 Å². The highest BCUT2D eigenvalue weighted by atomic mass is 16.5. The highest BCUT2D eigenvalue weighted by Gasteiger charge is 2.30.